The minimum atomic E-state index is -0.611. The molecule has 10 heteroatoms. The summed E-state index contributed by atoms with van der Waals surface area (Å²) >= 11 is -0.472. The Morgan fingerprint density at radius 3 is 0.948 bits per heavy atom. The number of hydrogen-bond acceptors (Lipinski definition) is 4. The molecule has 2 N–H and O–H groups in total. The van der Waals surface area contributed by atoms with Crippen LogP contribution in [0.5, 0.6) is 0 Å². The Bertz CT molecular complexity index is 2780. The van der Waals surface area contributed by atoms with Gasteiger partial charge >= 0.3 is 35.3 Å². The van der Waals surface area contributed by atoms with Gasteiger partial charge in [0.25, 0.3) is 0 Å². The standard InChI is InChI=1S/C46H35N5.C2H6OS.2ClH.Pt/c1-28-4-10-31(11-5-28)43-35-16-18-37(48-35)44(32-12-6-29(2)7-13-32)39-20-22-41(50-39)46(34-24-26-47-27-25-34)42-23-21-40(51-42)45(38-19-17-36(43)49-38)33-14-8-30(3)9-15-33;1-4(2)3;;;/h4-27,48,51H,1-3H3;1-2H3;2*1H;/q;;;;+2/p-2. The van der Waals surface area contributed by atoms with Crippen LogP contribution in [0.2, 0.25) is 0 Å². The normalized spacial score (nSPS) is 11.6. The number of nitrogens with one attached hydrogen (secondary N) is 2. The topological polar surface area (TPSA) is 87.3 Å². The van der Waals surface area contributed by atoms with Gasteiger partial charge in [-0.1, -0.05) is 89.5 Å². The van der Waals surface area contributed by atoms with Crippen LogP contribution in [0.4, 0.5) is 0 Å². The van der Waals surface area contributed by atoms with Gasteiger partial charge in [-0.25, -0.2) is 9.97 Å². The van der Waals surface area contributed by atoms with Crippen LogP contribution in [0, 0.1) is 20.8 Å². The summed E-state index contributed by atoms with van der Waals surface area (Å²) in [5, 5.41) is 0. The van der Waals surface area contributed by atoms with Crippen molar-refractivity contribution in [1.82, 2.24) is 24.9 Å². The van der Waals surface area contributed by atoms with Crippen molar-refractivity contribution < 1.29 is 20.7 Å². The summed E-state index contributed by atoms with van der Waals surface area (Å²) in [5.41, 5.74) is 19.6. The van der Waals surface area contributed by atoms with Crippen LogP contribution in [0.25, 0.3) is 90.9 Å². The SMILES string of the molecule is CS(C)=O.Cc1ccc(-c2c3nc(c(-c4ccc(C)cc4)c4ccc([nH]4)c(-c4ccc(C)cc4)c4nc(c(-c5ccncc5)c5ccc2[nH]5)C=C4)C=C3)cc1.[Cl][Pt][Cl]. The van der Waals surface area contributed by atoms with Gasteiger partial charge in [0.05, 0.1) is 22.8 Å². The number of H-pyrrole nitrogens is 2. The Balaban J connectivity index is 0.000000682. The average molecular weight is 1000 g/mol. The fraction of sp³-hybridized carbons (Fsp3) is 0.104. The van der Waals surface area contributed by atoms with E-state index in [0.29, 0.717) is 0 Å². The van der Waals surface area contributed by atoms with Crippen LogP contribution in [0.1, 0.15) is 39.5 Å². The molecule has 4 aromatic heterocycles. The van der Waals surface area contributed by atoms with Crippen molar-refractivity contribution in [3.63, 3.8) is 0 Å². The number of pyridine rings is 1. The second-order valence-corrected chi connectivity index (χ2v) is 18.9. The van der Waals surface area contributed by atoms with E-state index in [0.717, 1.165) is 89.4 Å². The number of halogens is 2. The fourth-order valence-corrected chi connectivity index (χ4v) is 7.10. The zero-order chi connectivity index (χ0) is 40.8. The molecule has 0 radical (unpaired) electrons. The summed E-state index contributed by atoms with van der Waals surface area (Å²) in [5.74, 6) is 0. The molecule has 9 rings (SSSR count). The van der Waals surface area contributed by atoms with E-state index >= 15 is 0 Å². The van der Waals surface area contributed by atoms with Gasteiger partial charge in [-0.05, 0) is 104 Å². The molecule has 7 aromatic rings. The fourth-order valence-electron chi connectivity index (χ4n) is 7.10. The van der Waals surface area contributed by atoms with Crippen molar-refractivity contribution >= 4 is 76.0 Å². The molecule has 0 saturated heterocycles. The van der Waals surface area contributed by atoms with Crippen LogP contribution in [-0.2, 0) is 27.3 Å². The van der Waals surface area contributed by atoms with Crippen molar-refractivity contribution in [3.05, 3.63) is 161 Å². The Hall–Kier alpha value is -5.17. The third kappa shape index (κ3) is 9.25. The Morgan fingerprint density at radius 2 is 0.690 bits per heavy atom. The van der Waals surface area contributed by atoms with E-state index in [1.54, 1.807) is 12.5 Å². The van der Waals surface area contributed by atoms with E-state index in [-0.39, 0.29) is 0 Å². The molecule has 0 fully saturated rings. The number of rotatable bonds is 4. The first kappa shape index (κ1) is 41.0. The van der Waals surface area contributed by atoms with Crippen LogP contribution >= 0.6 is 18.8 Å². The van der Waals surface area contributed by atoms with E-state index in [1.165, 1.54) is 16.7 Å². The predicted octanol–water partition coefficient (Wildman–Crippen LogP) is 13.0. The Morgan fingerprint density at radius 1 is 0.448 bits per heavy atom. The molecule has 8 bridgehead atoms. The third-order valence-electron chi connectivity index (χ3n) is 9.74. The van der Waals surface area contributed by atoms with Crippen molar-refractivity contribution in [2.75, 3.05) is 12.5 Å². The van der Waals surface area contributed by atoms with E-state index < -0.39 is 27.3 Å². The number of fused-ring (bicyclic) bond motifs is 8. The van der Waals surface area contributed by atoms with Gasteiger partial charge in [-0.3, -0.25) is 9.19 Å². The van der Waals surface area contributed by atoms with Gasteiger partial charge in [0.1, 0.15) is 0 Å². The molecule has 6 nitrogen and oxygen atoms in total. The zero-order valence-corrected chi connectivity index (χ0v) is 37.2. The molecule has 0 amide bonds. The Labute approximate surface area is 358 Å². The molecule has 294 valence electrons. The molecule has 0 spiro atoms. The number of aromatic nitrogens is 5. The molecule has 0 saturated carbocycles. The van der Waals surface area contributed by atoms with Crippen LogP contribution in [-0.4, -0.2) is 41.6 Å². The van der Waals surface area contributed by atoms with E-state index in [2.05, 4.69) is 157 Å². The molecule has 2 aliphatic heterocycles. The Kier molecular flexibility index (Phi) is 13.2. The molecule has 0 aliphatic carbocycles. The maximum atomic E-state index is 9.56. The van der Waals surface area contributed by atoms with Crippen LogP contribution in [0.15, 0.2) is 122 Å². The van der Waals surface area contributed by atoms with Gasteiger partial charge in [-0.2, -0.15) is 0 Å². The first-order chi connectivity index (χ1) is 28.1. The second kappa shape index (κ2) is 18.6. The molecule has 2 aliphatic rings. The number of aromatic amines is 2. The predicted molar refractivity (Wildman–Crippen MR) is 244 cm³/mol. The van der Waals surface area contributed by atoms with Crippen LogP contribution < -0.4 is 0 Å². The molecule has 0 atom stereocenters. The van der Waals surface area contributed by atoms with Gasteiger partial charge < -0.3 is 9.97 Å². The van der Waals surface area contributed by atoms with Gasteiger partial charge in [0.15, 0.2) is 0 Å². The van der Waals surface area contributed by atoms with E-state index in [9.17, 15) is 4.21 Å². The molecule has 6 heterocycles. The van der Waals surface area contributed by atoms with Crippen LogP contribution in [0.3, 0.4) is 0 Å². The van der Waals surface area contributed by atoms with Crippen molar-refractivity contribution in [3.8, 4) is 44.5 Å². The first-order valence-electron chi connectivity index (χ1n) is 18.5. The maximum absolute atomic E-state index is 9.56. The van der Waals surface area contributed by atoms with Crippen molar-refractivity contribution in [2.24, 2.45) is 0 Å². The summed E-state index contributed by atoms with van der Waals surface area (Å²) < 4.78 is 9.56. The molecule has 58 heavy (non-hydrogen) atoms. The summed E-state index contributed by atoms with van der Waals surface area (Å²) in [4.78, 5) is 22.7. The van der Waals surface area contributed by atoms with Crippen molar-refractivity contribution in [2.45, 2.75) is 20.8 Å². The zero-order valence-electron chi connectivity index (χ0n) is 32.6. The minimum absolute atomic E-state index is 0.472. The molecular weight excluding hydrogens is 961 g/mol. The summed E-state index contributed by atoms with van der Waals surface area (Å²) in [6.07, 6.45) is 15.5. The number of aryl methyl sites for hydroxylation is 3. The molecule has 3 aromatic carbocycles. The second-order valence-electron chi connectivity index (χ2n) is 14.1. The molecular formula is C48H41Cl2N5OPtS. The first-order valence-corrected chi connectivity index (χ1v) is 26.1. The van der Waals surface area contributed by atoms with Crippen molar-refractivity contribution in [1.29, 1.82) is 0 Å². The van der Waals surface area contributed by atoms with E-state index in [4.69, 9.17) is 28.8 Å². The molecule has 0 unspecified atom stereocenters. The average Bonchev–Trinajstić information content (AvgIpc) is 4.06. The summed E-state index contributed by atoms with van der Waals surface area (Å²) in [6, 6.07) is 38.8. The number of nitrogens with zero attached hydrogens (tertiary/aromatic N) is 3. The summed E-state index contributed by atoms with van der Waals surface area (Å²) in [6.45, 7) is 6.35. The monoisotopic (exact) mass is 1000 g/mol. The van der Waals surface area contributed by atoms with Gasteiger partial charge in [0, 0.05) is 80.0 Å². The van der Waals surface area contributed by atoms with E-state index in [1.807, 2.05) is 24.5 Å². The van der Waals surface area contributed by atoms with Gasteiger partial charge in [-0.15, -0.1) is 0 Å². The quantitative estimate of drug-likeness (QED) is 0.184. The number of benzene rings is 3. The number of hydrogen-bond donors (Lipinski definition) is 2. The van der Waals surface area contributed by atoms with Gasteiger partial charge in [0.2, 0.25) is 0 Å². The summed E-state index contributed by atoms with van der Waals surface area (Å²) in [7, 11) is 9.14. The third-order valence-corrected chi connectivity index (χ3v) is 9.74.